The van der Waals surface area contributed by atoms with Gasteiger partial charge in [-0.2, -0.15) is 0 Å². The lowest BCUT2D eigenvalue weighted by Gasteiger charge is -2.39. The number of aliphatic carboxylic acids is 1. The molecular formula is C14H17FO2. The van der Waals surface area contributed by atoms with Crippen LogP contribution in [0.1, 0.15) is 42.9 Å². The molecule has 0 radical (unpaired) electrons. The molecule has 1 aromatic rings. The molecule has 1 aliphatic carbocycles. The number of halogens is 1. The van der Waals surface area contributed by atoms with E-state index in [1.165, 1.54) is 6.07 Å². The highest BCUT2D eigenvalue weighted by atomic mass is 19.1. The van der Waals surface area contributed by atoms with Crippen molar-refractivity contribution >= 4 is 5.97 Å². The maximum absolute atomic E-state index is 13.6. The molecule has 92 valence electrons. The van der Waals surface area contributed by atoms with E-state index in [-0.39, 0.29) is 5.82 Å². The van der Waals surface area contributed by atoms with Crippen molar-refractivity contribution in [1.82, 2.24) is 0 Å². The molecule has 1 fully saturated rings. The molecule has 0 bridgehead atoms. The Kier molecular flexibility index (Phi) is 2.94. The fraction of sp³-hybridized carbons (Fsp3) is 0.500. The first-order valence-electron chi connectivity index (χ1n) is 6.04. The highest BCUT2D eigenvalue weighted by Crippen LogP contribution is 2.45. The van der Waals surface area contributed by atoms with Crippen molar-refractivity contribution in [2.75, 3.05) is 0 Å². The van der Waals surface area contributed by atoms with Crippen molar-refractivity contribution in [2.45, 2.75) is 44.9 Å². The molecule has 0 atom stereocenters. The van der Waals surface area contributed by atoms with Gasteiger partial charge in [-0.05, 0) is 48.9 Å². The molecule has 0 aromatic heterocycles. The summed E-state index contributed by atoms with van der Waals surface area (Å²) in [5.74, 6) is -1.01. The third-order valence-corrected chi connectivity index (χ3v) is 3.91. The average molecular weight is 236 g/mol. The maximum atomic E-state index is 13.6. The Morgan fingerprint density at radius 3 is 2.53 bits per heavy atom. The molecule has 1 aliphatic rings. The van der Waals surface area contributed by atoms with Gasteiger partial charge in [-0.1, -0.05) is 19.4 Å². The van der Waals surface area contributed by atoms with E-state index in [0.29, 0.717) is 24.8 Å². The van der Waals surface area contributed by atoms with Crippen molar-refractivity contribution in [3.63, 3.8) is 0 Å². The highest BCUT2D eigenvalue weighted by Gasteiger charge is 2.46. The van der Waals surface area contributed by atoms with Crippen molar-refractivity contribution in [2.24, 2.45) is 0 Å². The number of aryl methyl sites for hydroxylation is 2. The zero-order chi connectivity index (χ0) is 12.6. The van der Waals surface area contributed by atoms with Crippen LogP contribution in [0.4, 0.5) is 4.39 Å². The molecular weight excluding hydrogens is 219 g/mol. The lowest BCUT2D eigenvalue weighted by atomic mass is 9.63. The van der Waals surface area contributed by atoms with Gasteiger partial charge in [-0.25, -0.2) is 4.39 Å². The van der Waals surface area contributed by atoms with Gasteiger partial charge in [0.15, 0.2) is 0 Å². The molecule has 0 heterocycles. The van der Waals surface area contributed by atoms with Crippen LogP contribution in [-0.2, 0) is 16.6 Å². The second kappa shape index (κ2) is 4.13. The Labute approximate surface area is 100 Å². The molecule has 0 saturated heterocycles. The maximum Gasteiger partial charge on any atom is 0.314 e. The van der Waals surface area contributed by atoms with Crippen LogP contribution in [0.2, 0.25) is 0 Å². The van der Waals surface area contributed by atoms with Gasteiger partial charge in [-0.15, -0.1) is 0 Å². The van der Waals surface area contributed by atoms with Gasteiger partial charge in [-0.3, -0.25) is 4.79 Å². The minimum atomic E-state index is -0.777. The summed E-state index contributed by atoms with van der Waals surface area (Å²) in [6, 6.07) is 3.22. The topological polar surface area (TPSA) is 37.3 Å². The summed E-state index contributed by atoms with van der Waals surface area (Å²) in [4.78, 5) is 11.4. The summed E-state index contributed by atoms with van der Waals surface area (Å²) >= 11 is 0. The molecule has 1 N–H and O–H groups in total. The van der Waals surface area contributed by atoms with E-state index in [4.69, 9.17) is 0 Å². The van der Waals surface area contributed by atoms with E-state index in [0.717, 1.165) is 17.5 Å². The Morgan fingerprint density at radius 1 is 1.47 bits per heavy atom. The second-order valence-corrected chi connectivity index (χ2v) is 4.85. The van der Waals surface area contributed by atoms with Gasteiger partial charge in [0.1, 0.15) is 5.82 Å². The Morgan fingerprint density at radius 2 is 2.12 bits per heavy atom. The first-order valence-corrected chi connectivity index (χ1v) is 6.04. The lowest BCUT2D eigenvalue weighted by molar-refractivity contribution is -0.147. The standard InChI is InChI=1S/C14H17FO2/c1-3-10-8-11(9(2)7-12(10)15)14(13(16)17)5-4-6-14/h7-8H,3-6H2,1-2H3,(H,16,17). The van der Waals surface area contributed by atoms with E-state index in [1.54, 1.807) is 13.0 Å². The van der Waals surface area contributed by atoms with Crippen molar-refractivity contribution in [1.29, 1.82) is 0 Å². The van der Waals surface area contributed by atoms with Crippen molar-refractivity contribution in [3.8, 4) is 0 Å². The van der Waals surface area contributed by atoms with Crippen LogP contribution in [0, 0.1) is 12.7 Å². The highest BCUT2D eigenvalue weighted by molar-refractivity contribution is 5.83. The van der Waals surface area contributed by atoms with E-state index in [9.17, 15) is 14.3 Å². The quantitative estimate of drug-likeness (QED) is 0.875. The Hall–Kier alpha value is -1.38. The molecule has 2 nitrogen and oxygen atoms in total. The Bertz CT molecular complexity index is 462. The molecule has 0 amide bonds. The summed E-state index contributed by atoms with van der Waals surface area (Å²) in [6.07, 6.45) is 2.86. The summed E-state index contributed by atoms with van der Waals surface area (Å²) in [7, 11) is 0. The monoisotopic (exact) mass is 236 g/mol. The largest absolute Gasteiger partial charge is 0.481 e. The number of rotatable bonds is 3. The number of benzene rings is 1. The van der Waals surface area contributed by atoms with Gasteiger partial charge < -0.3 is 5.11 Å². The van der Waals surface area contributed by atoms with Gasteiger partial charge in [0.2, 0.25) is 0 Å². The van der Waals surface area contributed by atoms with Crippen LogP contribution in [-0.4, -0.2) is 11.1 Å². The number of carboxylic acid groups (broad SMARTS) is 1. The second-order valence-electron chi connectivity index (χ2n) is 4.85. The van der Waals surface area contributed by atoms with Gasteiger partial charge >= 0.3 is 5.97 Å². The summed E-state index contributed by atoms with van der Waals surface area (Å²) < 4.78 is 13.6. The fourth-order valence-corrected chi connectivity index (χ4v) is 2.63. The number of carbonyl (C=O) groups is 1. The predicted molar refractivity (Wildman–Crippen MR) is 63.7 cm³/mol. The molecule has 0 aliphatic heterocycles. The van der Waals surface area contributed by atoms with E-state index in [2.05, 4.69) is 0 Å². The average Bonchev–Trinajstić information content (AvgIpc) is 2.18. The first-order chi connectivity index (χ1) is 8.01. The zero-order valence-electron chi connectivity index (χ0n) is 10.2. The summed E-state index contributed by atoms with van der Waals surface area (Å²) in [5, 5.41) is 9.40. The minimum absolute atomic E-state index is 0.228. The lowest BCUT2D eigenvalue weighted by Crippen LogP contribution is -2.43. The molecule has 0 spiro atoms. The number of carboxylic acids is 1. The van der Waals surface area contributed by atoms with Crippen LogP contribution >= 0.6 is 0 Å². The molecule has 17 heavy (non-hydrogen) atoms. The van der Waals surface area contributed by atoms with Crippen LogP contribution < -0.4 is 0 Å². The van der Waals surface area contributed by atoms with Crippen LogP contribution in [0.5, 0.6) is 0 Å². The smallest absolute Gasteiger partial charge is 0.314 e. The van der Waals surface area contributed by atoms with E-state index < -0.39 is 11.4 Å². The number of hydrogen-bond donors (Lipinski definition) is 1. The third kappa shape index (κ3) is 1.74. The molecule has 1 aromatic carbocycles. The summed E-state index contributed by atoms with van der Waals surface area (Å²) in [6.45, 7) is 3.67. The van der Waals surface area contributed by atoms with Crippen LogP contribution in [0.3, 0.4) is 0 Å². The van der Waals surface area contributed by atoms with Crippen molar-refractivity contribution in [3.05, 3.63) is 34.6 Å². The van der Waals surface area contributed by atoms with Crippen LogP contribution in [0.25, 0.3) is 0 Å². The molecule has 0 unspecified atom stereocenters. The first kappa shape index (κ1) is 12.1. The van der Waals surface area contributed by atoms with Gasteiger partial charge in [0.25, 0.3) is 0 Å². The van der Waals surface area contributed by atoms with E-state index >= 15 is 0 Å². The molecule has 3 heteroatoms. The molecule has 2 rings (SSSR count). The minimum Gasteiger partial charge on any atom is -0.481 e. The van der Waals surface area contributed by atoms with Gasteiger partial charge in [0.05, 0.1) is 5.41 Å². The van der Waals surface area contributed by atoms with E-state index in [1.807, 2.05) is 6.92 Å². The molecule has 1 saturated carbocycles. The summed E-state index contributed by atoms with van der Waals surface area (Å²) in [5.41, 5.74) is 1.40. The fourth-order valence-electron chi connectivity index (χ4n) is 2.63. The zero-order valence-corrected chi connectivity index (χ0v) is 10.2. The number of hydrogen-bond acceptors (Lipinski definition) is 1. The predicted octanol–water partition coefficient (Wildman–Crippen LogP) is 3.20. The van der Waals surface area contributed by atoms with Gasteiger partial charge in [0, 0.05) is 0 Å². The van der Waals surface area contributed by atoms with Crippen LogP contribution in [0.15, 0.2) is 12.1 Å². The van der Waals surface area contributed by atoms with Crippen molar-refractivity contribution < 1.29 is 14.3 Å². The third-order valence-electron chi connectivity index (χ3n) is 3.91. The normalized spacial score (nSPS) is 17.6. The SMILES string of the molecule is CCc1cc(C2(C(=O)O)CCC2)c(C)cc1F. The Balaban J connectivity index is 2.54.